The van der Waals surface area contributed by atoms with Gasteiger partial charge in [-0.25, -0.2) is 0 Å². The van der Waals surface area contributed by atoms with Gasteiger partial charge in [0.2, 0.25) is 0 Å². The van der Waals surface area contributed by atoms with E-state index in [1.165, 1.54) is 38.5 Å². The molecule has 0 heterocycles. The molecule has 1 saturated carbocycles. The lowest BCUT2D eigenvalue weighted by Gasteiger charge is -2.36. The van der Waals surface area contributed by atoms with E-state index in [1.54, 1.807) is 0 Å². The first kappa shape index (κ1) is 14.0. The second-order valence-electron chi connectivity index (χ2n) is 5.90. The van der Waals surface area contributed by atoms with Gasteiger partial charge in [-0.1, -0.05) is 53.4 Å². The van der Waals surface area contributed by atoms with Crippen molar-refractivity contribution in [3.05, 3.63) is 0 Å². The molecule has 1 aliphatic rings. The molecule has 0 amide bonds. The van der Waals surface area contributed by atoms with Gasteiger partial charge in [-0.15, -0.1) is 0 Å². The van der Waals surface area contributed by atoms with Gasteiger partial charge < -0.3 is 5.32 Å². The van der Waals surface area contributed by atoms with Crippen LogP contribution in [0, 0.1) is 17.8 Å². The third kappa shape index (κ3) is 4.08. The molecule has 1 nitrogen and oxygen atoms in total. The lowest BCUT2D eigenvalue weighted by Crippen LogP contribution is -2.41. The maximum absolute atomic E-state index is 3.70. The standard InChI is InChI=1S/C15H31N/c1-5-7-13-8-10-14(11-9-13)15(12(3)4)16-6-2/h12-16H,5-11H2,1-4H3. The molecule has 0 aromatic heterocycles. The molecular weight excluding hydrogens is 194 g/mol. The van der Waals surface area contributed by atoms with E-state index in [9.17, 15) is 0 Å². The second kappa shape index (κ2) is 7.32. The Balaban J connectivity index is 2.38. The van der Waals surface area contributed by atoms with Crippen molar-refractivity contribution in [2.75, 3.05) is 6.54 Å². The molecule has 0 radical (unpaired) electrons. The van der Waals surface area contributed by atoms with Crippen molar-refractivity contribution in [1.29, 1.82) is 0 Å². The van der Waals surface area contributed by atoms with Gasteiger partial charge in [0.15, 0.2) is 0 Å². The Morgan fingerprint density at radius 3 is 2.12 bits per heavy atom. The van der Waals surface area contributed by atoms with Crippen LogP contribution in [0.15, 0.2) is 0 Å². The number of nitrogens with one attached hydrogen (secondary N) is 1. The molecule has 0 aliphatic heterocycles. The molecule has 1 heteroatoms. The number of hydrogen-bond donors (Lipinski definition) is 1. The van der Waals surface area contributed by atoms with Crippen molar-refractivity contribution in [3.63, 3.8) is 0 Å². The Hall–Kier alpha value is -0.0400. The molecule has 1 atom stereocenters. The Morgan fingerprint density at radius 1 is 1.06 bits per heavy atom. The average Bonchev–Trinajstić information content (AvgIpc) is 2.27. The molecule has 1 rings (SSSR count). The first-order chi connectivity index (χ1) is 7.69. The van der Waals surface area contributed by atoms with E-state index in [1.807, 2.05) is 0 Å². The number of hydrogen-bond acceptors (Lipinski definition) is 1. The summed E-state index contributed by atoms with van der Waals surface area (Å²) in [5, 5.41) is 3.70. The Morgan fingerprint density at radius 2 is 1.69 bits per heavy atom. The van der Waals surface area contributed by atoms with E-state index < -0.39 is 0 Å². The van der Waals surface area contributed by atoms with E-state index >= 15 is 0 Å². The number of rotatable bonds is 6. The predicted octanol–water partition coefficient (Wildman–Crippen LogP) is 4.23. The fraction of sp³-hybridized carbons (Fsp3) is 1.00. The minimum absolute atomic E-state index is 0.757. The summed E-state index contributed by atoms with van der Waals surface area (Å²) in [5.74, 6) is 2.76. The lowest BCUT2D eigenvalue weighted by atomic mass is 9.74. The van der Waals surface area contributed by atoms with Crippen LogP contribution in [0.4, 0.5) is 0 Å². The van der Waals surface area contributed by atoms with Gasteiger partial charge in [0.1, 0.15) is 0 Å². The third-order valence-electron chi connectivity index (χ3n) is 4.25. The fourth-order valence-electron chi connectivity index (χ4n) is 3.43. The van der Waals surface area contributed by atoms with Crippen LogP contribution in [0.5, 0.6) is 0 Å². The van der Waals surface area contributed by atoms with Crippen LogP contribution >= 0.6 is 0 Å². The van der Waals surface area contributed by atoms with Gasteiger partial charge in [-0.2, -0.15) is 0 Å². The van der Waals surface area contributed by atoms with Crippen LogP contribution in [0.25, 0.3) is 0 Å². The zero-order valence-electron chi connectivity index (χ0n) is 11.8. The minimum atomic E-state index is 0.757. The normalized spacial score (nSPS) is 28.3. The van der Waals surface area contributed by atoms with E-state index in [0.717, 1.165) is 30.3 Å². The summed E-state index contributed by atoms with van der Waals surface area (Å²) in [6.45, 7) is 10.4. The molecule has 0 saturated heterocycles. The summed E-state index contributed by atoms with van der Waals surface area (Å²) in [6, 6.07) is 0.757. The largest absolute Gasteiger partial charge is 0.314 e. The van der Waals surface area contributed by atoms with Crippen molar-refractivity contribution in [1.82, 2.24) is 5.32 Å². The predicted molar refractivity (Wildman–Crippen MR) is 72.7 cm³/mol. The van der Waals surface area contributed by atoms with Crippen molar-refractivity contribution in [3.8, 4) is 0 Å². The lowest BCUT2D eigenvalue weighted by molar-refractivity contribution is 0.186. The zero-order valence-corrected chi connectivity index (χ0v) is 11.8. The van der Waals surface area contributed by atoms with Gasteiger partial charge in [0.25, 0.3) is 0 Å². The quantitative estimate of drug-likeness (QED) is 0.713. The van der Waals surface area contributed by atoms with Gasteiger partial charge in [0, 0.05) is 6.04 Å². The van der Waals surface area contributed by atoms with Crippen LogP contribution in [0.2, 0.25) is 0 Å². The van der Waals surface area contributed by atoms with Gasteiger partial charge in [-0.3, -0.25) is 0 Å². The average molecular weight is 225 g/mol. The topological polar surface area (TPSA) is 12.0 Å². The van der Waals surface area contributed by atoms with Crippen molar-refractivity contribution in [2.24, 2.45) is 17.8 Å². The van der Waals surface area contributed by atoms with Crippen LogP contribution in [0.3, 0.4) is 0 Å². The molecule has 1 unspecified atom stereocenters. The molecular formula is C15H31N. The molecule has 0 bridgehead atoms. The highest BCUT2D eigenvalue weighted by atomic mass is 14.9. The first-order valence-electron chi connectivity index (χ1n) is 7.42. The summed E-state index contributed by atoms with van der Waals surface area (Å²) in [4.78, 5) is 0. The second-order valence-corrected chi connectivity index (χ2v) is 5.90. The Kier molecular flexibility index (Phi) is 6.41. The molecule has 16 heavy (non-hydrogen) atoms. The van der Waals surface area contributed by atoms with Gasteiger partial charge in [0.05, 0.1) is 0 Å². The zero-order chi connectivity index (χ0) is 12.0. The van der Waals surface area contributed by atoms with Crippen molar-refractivity contribution >= 4 is 0 Å². The van der Waals surface area contributed by atoms with Gasteiger partial charge in [-0.05, 0) is 37.1 Å². The summed E-state index contributed by atoms with van der Waals surface area (Å²) in [7, 11) is 0. The van der Waals surface area contributed by atoms with Crippen LogP contribution in [0.1, 0.15) is 66.2 Å². The highest BCUT2D eigenvalue weighted by Crippen LogP contribution is 2.34. The summed E-state index contributed by atoms with van der Waals surface area (Å²) >= 11 is 0. The van der Waals surface area contributed by atoms with Crippen molar-refractivity contribution in [2.45, 2.75) is 72.3 Å². The fourth-order valence-corrected chi connectivity index (χ4v) is 3.43. The summed E-state index contributed by atoms with van der Waals surface area (Å²) in [5.41, 5.74) is 0. The highest BCUT2D eigenvalue weighted by molar-refractivity contribution is 4.83. The molecule has 1 N–H and O–H groups in total. The summed E-state index contributed by atoms with van der Waals surface area (Å²) in [6.07, 6.45) is 8.71. The maximum atomic E-state index is 3.70. The van der Waals surface area contributed by atoms with Gasteiger partial charge >= 0.3 is 0 Å². The Bertz CT molecular complexity index is 168. The van der Waals surface area contributed by atoms with E-state index in [2.05, 4.69) is 33.0 Å². The molecule has 1 aliphatic carbocycles. The van der Waals surface area contributed by atoms with E-state index in [0.29, 0.717) is 0 Å². The summed E-state index contributed by atoms with van der Waals surface area (Å²) < 4.78 is 0. The first-order valence-corrected chi connectivity index (χ1v) is 7.42. The molecule has 0 spiro atoms. The molecule has 0 aromatic rings. The maximum Gasteiger partial charge on any atom is 0.0118 e. The minimum Gasteiger partial charge on any atom is -0.314 e. The highest BCUT2D eigenvalue weighted by Gasteiger charge is 2.28. The monoisotopic (exact) mass is 225 g/mol. The van der Waals surface area contributed by atoms with E-state index in [4.69, 9.17) is 0 Å². The third-order valence-corrected chi connectivity index (χ3v) is 4.25. The van der Waals surface area contributed by atoms with E-state index in [-0.39, 0.29) is 0 Å². The van der Waals surface area contributed by atoms with Crippen LogP contribution < -0.4 is 5.32 Å². The molecule has 96 valence electrons. The van der Waals surface area contributed by atoms with Crippen LogP contribution in [-0.4, -0.2) is 12.6 Å². The van der Waals surface area contributed by atoms with Crippen molar-refractivity contribution < 1.29 is 0 Å². The smallest absolute Gasteiger partial charge is 0.0118 e. The van der Waals surface area contributed by atoms with Crippen LogP contribution in [-0.2, 0) is 0 Å². The Labute approximate surface area is 102 Å². The molecule has 1 fully saturated rings. The molecule has 0 aromatic carbocycles. The SMILES string of the molecule is CCCC1CCC(C(NCC)C(C)C)CC1.